The molecule has 9 aromatic rings. The summed E-state index contributed by atoms with van der Waals surface area (Å²) in [5.41, 5.74) is 10.9. The molecule has 0 unspecified atom stereocenters. The minimum absolute atomic E-state index is 0. The second-order valence-electron chi connectivity index (χ2n) is 18.5. The van der Waals surface area contributed by atoms with Crippen molar-refractivity contribution in [3.63, 3.8) is 0 Å². The quantitative estimate of drug-likeness (QED) is 0.123. The van der Waals surface area contributed by atoms with E-state index in [0.29, 0.717) is 17.3 Å². The van der Waals surface area contributed by atoms with Crippen LogP contribution in [0.25, 0.3) is 61.3 Å². The Balaban J connectivity index is 0.00000499. The van der Waals surface area contributed by atoms with Gasteiger partial charge in [-0.25, -0.2) is 4.98 Å². The number of fused-ring (bicyclic) bond motifs is 4. The van der Waals surface area contributed by atoms with E-state index in [4.69, 9.17) is 14.7 Å². The fourth-order valence-corrected chi connectivity index (χ4v) is 7.78. The largest absolute Gasteiger partial charge is 0.522 e. The summed E-state index contributed by atoms with van der Waals surface area (Å²) in [6, 6.07) is 49.6. The van der Waals surface area contributed by atoms with Crippen LogP contribution in [0.2, 0.25) is 0 Å². The van der Waals surface area contributed by atoms with Crippen LogP contribution in [0.5, 0.6) is 11.5 Å². The molecule has 0 N–H and O–H groups in total. The molecule has 0 aliphatic heterocycles. The average molecular weight is 967 g/mol. The minimum atomic E-state index is -0.0564. The molecule has 0 spiro atoms. The summed E-state index contributed by atoms with van der Waals surface area (Å²) in [5, 5.41) is 2.19. The molecule has 304 valence electrons. The predicted octanol–water partition coefficient (Wildman–Crippen LogP) is 12.5. The normalized spacial score (nSPS) is 12.3. The Morgan fingerprint density at radius 1 is 0.583 bits per heavy atom. The molecule has 0 amide bonds. The molecule has 0 bridgehead atoms. The zero-order valence-electron chi connectivity index (χ0n) is 35.7. The SMILES string of the molecule is CC(C)(C)c1cc(-[n+]2[c-]n(-c3[c-]c(Oc4[c-]c5c(cc4)c4cccc(-c6ccccc6)c4n5-c4cc(C(C)(C)C)ccn4)ccn3)c3ccccc32)cc(C(C)(C)C)c1.[Pt]. The number of aromatic nitrogens is 5. The van der Waals surface area contributed by atoms with E-state index in [0.717, 1.165) is 55.5 Å². The molecule has 0 fully saturated rings. The fraction of sp³-hybridized carbons (Fsp3) is 0.226. The van der Waals surface area contributed by atoms with Crippen LogP contribution in [-0.4, -0.2) is 19.1 Å². The maximum atomic E-state index is 6.62. The average Bonchev–Trinajstić information content (AvgIpc) is 3.76. The van der Waals surface area contributed by atoms with Gasteiger partial charge in [0, 0.05) is 44.1 Å². The molecule has 0 atom stereocenters. The van der Waals surface area contributed by atoms with Crippen molar-refractivity contribution in [1.29, 1.82) is 0 Å². The van der Waals surface area contributed by atoms with Crippen molar-refractivity contribution < 1.29 is 30.4 Å². The number of pyridine rings is 2. The van der Waals surface area contributed by atoms with Crippen molar-refractivity contribution >= 4 is 32.8 Å². The third kappa shape index (κ3) is 7.58. The molecule has 0 aliphatic carbocycles. The zero-order chi connectivity index (χ0) is 41.3. The van der Waals surface area contributed by atoms with Gasteiger partial charge in [-0.05, 0) is 73.9 Å². The second-order valence-corrected chi connectivity index (χ2v) is 18.5. The molecule has 5 aromatic carbocycles. The first kappa shape index (κ1) is 40.9. The molecule has 0 saturated carbocycles. The van der Waals surface area contributed by atoms with Gasteiger partial charge in [-0.3, -0.25) is 14.1 Å². The monoisotopic (exact) mass is 966 g/mol. The van der Waals surface area contributed by atoms with Crippen LogP contribution in [0.4, 0.5) is 0 Å². The summed E-state index contributed by atoms with van der Waals surface area (Å²) in [5.74, 6) is 2.49. The first-order chi connectivity index (χ1) is 28.1. The van der Waals surface area contributed by atoms with Crippen LogP contribution in [0.3, 0.4) is 0 Å². The summed E-state index contributed by atoms with van der Waals surface area (Å²) in [6.45, 7) is 20.3. The van der Waals surface area contributed by atoms with E-state index in [-0.39, 0.29) is 37.3 Å². The maximum Gasteiger partial charge on any atom is 0.269 e. The van der Waals surface area contributed by atoms with Crippen LogP contribution in [0.1, 0.15) is 79.0 Å². The van der Waals surface area contributed by atoms with Gasteiger partial charge in [0.2, 0.25) is 0 Å². The fourth-order valence-electron chi connectivity index (χ4n) is 7.78. The van der Waals surface area contributed by atoms with E-state index < -0.39 is 0 Å². The number of nitrogens with zero attached hydrogens (tertiary/aromatic N) is 5. The molecule has 7 heteroatoms. The standard InChI is InChI=1S/C53H49N5O.Pt/c1-51(2,3)36-24-26-55-49(31-36)58-47-32-40(22-23-43(47)44-19-15-18-42(50(44)58)35-16-11-10-12-17-35)59-41-25-27-54-48(33-41)57-34-56(45-20-13-14-21-46(45)57)39-29-37(52(4,5)6)28-38(30-39)53(7,8)9;/h10-31H,1-9H3;/q-2;. The Bertz CT molecular complexity index is 3000. The number of hydrogen-bond acceptors (Lipinski definition) is 3. The Morgan fingerprint density at radius 2 is 1.25 bits per heavy atom. The van der Waals surface area contributed by atoms with Gasteiger partial charge < -0.3 is 9.30 Å². The topological polar surface area (TPSA) is 48.8 Å². The summed E-state index contributed by atoms with van der Waals surface area (Å²) in [4.78, 5) is 9.73. The van der Waals surface area contributed by atoms with Gasteiger partial charge in [0.1, 0.15) is 5.82 Å². The van der Waals surface area contributed by atoms with E-state index in [9.17, 15) is 0 Å². The second kappa shape index (κ2) is 15.3. The molecule has 0 aliphatic rings. The van der Waals surface area contributed by atoms with Crippen LogP contribution in [-0.2, 0) is 37.3 Å². The minimum Gasteiger partial charge on any atom is -0.522 e. The molecule has 4 aromatic heterocycles. The van der Waals surface area contributed by atoms with Crippen LogP contribution in [0, 0.1) is 18.5 Å². The van der Waals surface area contributed by atoms with E-state index in [1.165, 1.54) is 16.7 Å². The molecule has 4 heterocycles. The molecule has 0 saturated heterocycles. The van der Waals surface area contributed by atoms with Crippen molar-refractivity contribution in [2.24, 2.45) is 0 Å². The van der Waals surface area contributed by atoms with Crippen molar-refractivity contribution in [2.75, 3.05) is 0 Å². The Labute approximate surface area is 367 Å². The van der Waals surface area contributed by atoms with Gasteiger partial charge in [0.05, 0.1) is 22.5 Å². The first-order valence-corrected chi connectivity index (χ1v) is 20.3. The Morgan fingerprint density at radius 3 is 1.97 bits per heavy atom. The third-order valence-electron chi connectivity index (χ3n) is 11.2. The number of rotatable bonds is 6. The summed E-state index contributed by atoms with van der Waals surface area (Å²) in [7, 11) is 0. The smallest absolute Gasteiger partial charge is 0.269 e. The maximum absolute atomic E-state index is 6.62. The summed E-state index contributed by atoms with van der Waals surface area (Å²) < 4.78 is 13.0. The predicted molar refractivity (Wildman–Crippen MR) is 239 cm³/mol. The van der Waals surface area contributed by atoms with E-state index >= 15 is 0 Å². The number of ether oxygens (including phenoxy) is 1. The summed E-state index contributed by atoms with van der Waals surface area (Å²) >= 11 is 0. The van der Waals surface area contributed by atoms with Crippen molar-refractivity contribution in [1.82, 2.24) is 19.1 Å². The van der Waals surface area contributed by atoms with E-state index in [2.05, 4.69) is 193 Å². The molecule has 0 radical (unpaired) electrons. The van der Waals surface area contributed by atoms with Crippen LogP contribution >= 0.6 is 0 Å². The molecule has 60 heavy (non-hydrogen) atoms. The van der Waals surface area contributed by atoms with Gasteiger partial charge in [-0.2, -0.15) is 18.2 Å². The number of imidazole rings is 1. The van der Waals surface area contributed by atoms with Crippen molar-refractivity contribution in [2.45, 2.75) is 78.6 Å². The summed E-state index contributed by atoms with van der Waals surface area (Å²) in [6.07, 6.45) is 7.30. The molecular weight excluding hydrogens is 918 g/mol. The van der Waals surface area contributed by atoms with Gasteiger partial charge >= 0.3 is 0 Å². The molecule has 6 nitrogen and oxygen atoms in total. The molecular formula is C53H49N5OPt-2. The zero-order valence-corrected chi connectivity index (χ0v) is 37.9. The number of para-hydroxylation sites is 3. The van der Waals surface area contributed by atoms with Crippen molar-refractivity contribution in [3.8, 4) is 39.9 Å². The number of hydrogen-bond donors (Lipinski definition) is 0. The van der Waals surface area contributed by atoms with Gasteiger partial charge in [0.25, 0.3) is 6.33 Å². The number of benzene rings is 5. The van der Waals surface area contributed by atoms with E-state index in [1.54, 1.807) is 6.20 Å². The van der Waals surface area contributed by atoms with Crippen LogP contribution in [0.15, 0.2) is 134 Å². The molecule has 9 rings (SSSR count). The third-order valence-corrected chi connectivity index (χ3v) is 11.2. The van der Waals surface area contributed by atoms with Gasteiger partial charge in [-0.15, -0.1) is 17.5 Å². The van der Waals surface area contributed by atoms with Gasteiger partial charge in [0.15, 0.2) is 0 Å². The first-order valence-electron chi connectivity index (χ1n) is 20.3. The van der Waals surface area contributed by atoms with Gasteiger partial charge in [-0.1, -0.05) is 153 Å². The van der Waals surface area contributed by atoms with Crippen LogP contribution < -0.4 is 9.30 Å². The Kier molecular flexibility index (Phi) is 10.4. The van der Waals surface area contributed by atoms with Crippen molar-refractivity contribution in [3.05, 3.63) is 169 Å². The Hall–Kier alpha value is -5.84. The van der Waals surface area contributed by atoms with E-state index in [1.807, 2.05) is 29.0 Å².